The van der Waals surface area contributed by atoms with E-state index >= 15 is 0 Å². The highest BCUT2D eigenvalue weighted by atomic mass is 16.2. The summed E-state index contributed by atoms with van der Waals surface area (Å²) in [6, 6.07) is 9.65. The van der Waals surface area contributed by atoms with Crippen LogP contribution in [0.1, 0.15) is 30.2 Å². The molecule has 0 aliphatic carbocycles. The Kier molecular flexibility index (Phi) is 5.91. The van der Waals surface area contributed by atoms with E-state index in [9.17, 15) is 9.59 Å². The van der Waals surface area contributed by atoms with Gasteiger partial charge in [0.2, 0.25) is 11.8 Å². The molecule has 1 aromatic carbocycles. The van der Waals surface area contributed by atoms with Gasteiger partial charge < -0.3 is 10.6 Å². The van der Waals surface area contributed by atoms with Crippen molar-refractivity contribution in [2.45, 2.75) is 39.8 Å². The number of hydrogen-bond acceptors (Lipinski definition) is 4. The summed E-state index contributed by atoms with van der Waals surface area (Å²) in [7, 11) is 0. The SMILES string of the molecule is CCN1CCNC(=O)[C@H]1CC(=O)Nc1cc(C)nn1Cc1cccc(C)c1. The van der Waals surface area contributed by atoms with E-state index in [0.29, 0.717) is 18.9 Å². The van der Waals surface area contributed by atoms with Crippen molar-refractivity contribution < 1.29 is 9.59 Å². The Labute approximate surface area is 159 Å². The molecule has 0 spiro atoms. The van der Waals surface area contributed by atoms with Gasteiger partial charge in [0, 0.05) is 19.2 Å². The Bertz CT molecular complexity index is 830. The Morgan fingerprint density at radius 3 is 2.89 bits per heavy atom. The maximum absolute atomic E-state index is 12.6. The number of aryl methyl sites for hydroxylation is 2. The molecule has 2 aromatic rings. The number of carbonyl (C=O) groups is 2. The highest BCUT2D eigenvalue weighted by Crippen LogP contribution is 2.16. The second-order valence-corrected chi connectivity index (χ2v) is 7.01. The van der Waals surface area contributed by atoms with Crippen LogP contribution in [0.25, 0.3) is 0 Å². The standard InChI is InChI=1S/C20H27N5O2/c1-4-24-9-8-21-20(27)17(24)12-19(26)22-18-11-15(3)23-25(18)13-16-7-5-6-14(2)10-16/h5-7,10-11,17H,4,8-9,12-13H2,1-3H3,(H,21,27)(H,22,26)/t17-/m1/s1. The summed E-state index contributed by atoms with van der Waals surface area (Å²) in [6.07, 6.45) is 0.133. The third kappa shape index (κ3) is 4.74. The van der Waals surface area contributed by atoms with Crippen molar-refractivity contribution in [3.8, 4) is 0 Å². The predicted octanol–water partition coefficient (Wildman–Crippen LogP) is 1.70. The molecule has 0 unspecified atom stereocenters. The van der Waals surface area contributed by atoms with Crippen LogP contribution in [0.4, 0.5) is 5.82 Å². The summed E-state index contributed by atoms with van der Waals surface area (Å²) in [5.74, 6) is 0.391. The summed E-state index contributed by atoms with van der Waals surface area (Å²) >= 11 is 0. The number of amides is 2. The molecule has 3 rings (SSSR count). The molecule has 1 aromatic heterocycles. The minimum absolute atomic E-state index is 0.0808. The van der Waals surface area contributed by atoms with Gasteiger partial charge in [-0.3, -0.25) is 14.5 Å². The molecule has 0 saturated carbocycles. The molecule has 27 heavy (non-hydrogen) atoms. The fourth-order valence-electron chi connectivity index (χ4n) is 3.48. The summed E-state index contributed by atoms with van der Waals surface area (Å²) in [6.45, 7) is 8.68. The van der Waals surface area contributed by atoms with Crippen LogP contribution in [0.5, 0.6) is 0 Å². The first-order chi connectivity index (χ1) is 13.0. The Balaban J connectivity index is 1.70. The first-order valence-corrected chi connectivity index (χ1v) is 9.38. The summed E-state index contributed by atoms with van der Waals surface area (Å²) in [5.41, 5.74) is 3.14. The molecule has 2 amide bonds. The number of benzene rings is 1. The molecule has 144 valence electrons. The molecule has 1 aliphatic rings. The maximum atomic E-state index is 12.6. The van der Waals surface area contributed by atoms with E-state index in [-0.39, 0.29) is 18.2 Å². The lowest BCUT2D eigenvalue weighted by atomic mass is 10.1. The number of piperazine rings is 1. The second-order valence-electron chi connectivity index (χ2n) is 7.01. The Morgan fingerprint density at radius 2 is 2.15 bits per heavy atom. The number of anilines is 1. The lowest BCUT2D eigenvalue weighted by Gasteiger charge is -2.33. The third-order valence-corrected chi connectivity index (χ3v) is 4.81. The van der Waals surface area contributed by atoms with Crippen molar-refractivity contribution in [3.05, 3.63) is 47.2 Å². The van der Waals surface area contributed by atoms with Crippen molar-refractivity contribution in [2.24, 2.45) is 0 Å². The number of hydrogen-bond donors (Lipinski definition) is 2. The Morgan fingerprint density at radius 1 is 1.33 bits per heavy atom. The van der Waals surface area contributed by atoms with E-state index in [1.165, 1.54) is 5.56 Å². The summed E-state index contributed by atoms with van der Waals surface area (Å²) < 4.78 is 1.79. The van der Waals surface area contributed by atoms with Gasteiger partial charge in [0.1, 0.15) is 5.82 Å². The average Bonchev–Trinajstić information content (AvgIpc) is 2.95. The molecule has 0 bridgehead atoms. The molecule has 7 heteroatoms. The topological polar surface area (TPSA) is 79.3 Å². The lowest BCUT2D eigenvalue weighted by molar-refractivity contribution is -0.132. The number of rotatable bonds is 6. The van der Waals surface area contributed by atoms with Crippen LogP contribution in [-0.2, 0) is 16.1 Å². The monoisotopic (exact) mass is 369 g/mol. The normalized spacial score (nSPS) is 17.6. The average molecular weight is 369 g/mol. The first kappa shape index (κ1) is 19.1. The number of carbonyl (C=O) groups excluding carboxylic acids is 2. The highest BCUT2D eigenvalue weighted by Gasteiger charge is 2.30. The molecular formula is C20H27N5O2. The minimum Gasteiger partial charge on any atom is -0.353 e. The number of likely N-dealkylation sites (N-methyl/N-ethyl adjacent to an activating group) is 1. The summed E-state index contributed by atoms with van der Waals surface area (Å²) in [5, 5.41) is 10.3. The van der Waals surface area contributed by atoms with Gasteiger partial charge in [-0.2, -0.15) is 5.10 Å². The van der Waals surface area contributed by atoms with Crippen molar-refractivity contribution in [3.63, 3.8) is 0 Å². The molecule has 1 aliphatic heterocycles. The molecular weight excluding hydrogens is 342 g/mol. The number of nitrogens with zero attached hydrogens (tertiary/aromatic N) is 3. The third-order valence-electron chi connectivity index (χ3n) is 4.81. The van der Waals surface area contributed by atoms with E-state index in [0.717, 1.165) is 24.3 Å². The highest BCUT2D eigenvalue weighted by molar-refractivity contribution is 5.95. The largest absolute Gasteiger partial charge is 0.353 e. The van der Waals surface area contributed by atoms with Crippen molar-refractivity contribution >= 4 is 17.6 Å². The molecule has 7 nitrogen and oxygen atoms in total. The fourth-order valence-corrected chi connectivity index (χ4v) is 3.48. The van der Waals surface area contributed by atoms with E-state index in [2.05, 4.69) is 34.8 Å². The molecule has 1 atom stereocenters. The van der Waals surface area contributed by atoms with Crippen molar-refractivity contribution in [1.29, 1.82) is 0 Å². The van der Waals surface area contributed by atoms with Gasteiger partial charge in [-0.25, -0.2) is 4.68 Å². The van der Waals surface area contributed by atoms with Gasteiger partial charge in [0.25, 0.3) is 0 Å². The van der Waals surface area contributed by atoms with E-state index in [1.807, 2.05) is 36.9 Å². The number of aromatic nitrogens is 2. The van der Waals surface area contributed by atoms with Gasteiger partial charge in [0.15, 0.2) is 0 Å². The van der Waals surface area contributed by atoms with Crippen LogP contribution in [-0.4, -0.2) is 52.2 Å². The summed E-state index contributed by atoms with van der Waals surface area (Å²) in [4.78, 5) is 26.8. The van der Waals surface area contributed by atoms with E-state index in [4.69, 9.17) is 0 Å². The van der Waals surface area contributed by atoms with Crippen molar-refractivity contribution in [1.82, 2.24) is 20.0 Å². The first-order valence-electron chi connectivity index (χ1n) is 9.38. The molecule has 2 N–H and O–H groups in total. The van der Waals surface area contributed by atoms with Gasteiger partial charge in [-0.15, -0.1) is 0 Å². The van der Waals surface area contributed by atoms with Gasteiger partial charge >= 0.3 is 0 Å². The minimum atomic E-state index is -0.419. The number of nitrogens with one attached hydrogen (secondary N) is 2. The van der Waals surface area contributed by atoms with Gasteiger partial charge in [-0.1, -0.05) is 36.8 Å². The van der Waals surface area contributed by atoms with Crippen LogP contribution in [0, 0.1) is 13.8 Å². The smallest absolute Gasteiger partial charge is 0.237 e. The quantitative estimate of drug-likeness (QED) is 0.812. The van der Waals surface area contributed by atoms with Crippen LogP contribution < -0.4 is 10.6 Å². The fraction of sp³-hybridized carbons (Fsp3) is 0.450. The van der Waals surface area contributed by atoms with Crippen LogP contribution in [0.2, 0.25) is 0 Å². The van der Waals surface area contributed by atoms with Crippen LogP contribution in [0.3, 0.4) is 0 Å². The molecule has 1 fully saturated rings. The van der Waals surface area contributed by atoms with Crippen LogP contribution >= 0.6 is 0 Å². The van der Waals surface area contributed by atoms with E-state index in [1.54, 1.807) is 4.68 Å². The van der Waals surface area contributed by atoms with Gasteiger partial charge in [-0.05, 0) is 26.0 Å². The predicted molar refractivity (Wildman–Crippen MR) is 105 cm³/mol. The second kappa shape index (κ2) is 8.35. The zero-order valence-corrected chi connectivity index (χ0v) is 16.2. The maximum Gasteiger partial charge on any atom is 0.237 e. The van der Waals surface area contributed by atoms with Crippen molar-refractivity contribution in [2.75, 3.05) is 25.0 Å². The molecule has 1 saturated heterocycles. The van der Waals surface area contributed by atoms with E-state index < -0.39 is 6.04 Å². The zero-order valence-electron chi connectivity index (χ0n) is 16.2. The molecule has 0 radical (unpaired) electrons. The molecule has 2 heterocycles. The zero-order chi connectivity index (χ0) is 19.4. The van der Waals surface area contributed by atoms with Gasteiger partial charge in [0.05, 0.1) is 24.7 Å². The van der Waals surface area contributed by atoms with Crippen LogP contribution in [0.15, 0.2) is 30.3 Å². The lowest BCUT2D eigenvalue weighted by Crippen LogP contribution is -2.56. The Hall–Kier alpha value is -2.67.